The molecule has 1 aliphatic heterocycles. The van der Waals surface area contributed by atoms with E-state index < -0.39 is 0 Å². The van der Waals surface area contributed by atoms with E-state index >= 15 is 0 Å². The van der Waals surface area contributed by atoms with Crippen molar-refractivity contribution in [2.45, 2.75) is 34.2 Å². The van der Waals surface area contributed by atoms with E-state index in [2.05, 4.69) is 14.9 Å². The van der Waals surface area contributed by atoms with Gasteiger partial charge < -0.3 is 14.5 Å². The van der Waals surface area contributed by atoms with E-state index in [9.17, 15) is 9.59 Å². The summed E-state index contributed by atoms with van der Waals surface area (Å²) in [7, 11) is 1.76. The van der Waals surface area contributed by atoms with E-state index in [-0.39, 0.29) is 23.8 Å². The Hall–Kier alpha value is -2.22. The van der Waals surface area contributed by atoms with Crippen molar-refractivity contribution in [1.82, 2.24) is 19.8 Å². The number of carbonyl (C=O) groups excluding carboxylic acids is 2. The number of aromatic nitrogens is 2. The number of ether oxygens (including phenoxy) is 1. The molecule has 0 spiro atoms. The Bertz CT molecular complexity index is 634. The van der Waals surface area contributed by atoms with Crippen molar-refractivity contribution in [1.29, 1.82) is 0 Å². The molecule has 0 radical (unpaired) electrons. The van der Waals surface area contributed by atoms with Crippen molar-refractivity contribution >= 4 is 17.8 Å². The van der Waals surface area contributed by atoms with Crippen LogP contribution in [-0.4, -0.2) is 78.0 Å². The molecule has 1 aromatic rings. The second kappa shape index (κ2) is 9.12. The molecule has 2 heterocycles. The number of amides is 1. The van der Waals surface area contributed by atoms with Crippen LogP contribution < -0.4 is 4.90 Å². The number of anilines is 1. The zero-order valence-corrected chi connectivity index (χ0v) is 17.1. The van der Waals surface area contributed by atoms with Gasteiger partial charge in [0.25, 0.3) is 0 Å². The third kappa shape index (κ3) is 6.16. The molecule has 150 valence electrons. The van der Waals surface area contributed by atoms with E-state index in [1.165, 1.54) is 0 Å². The summed E-state index contributed by atoms with van der Waals surface area (Å²) in [5, 5.41) is 0. The number of esters is 1. The average Bonchev–Trinajstić information content (AvgIpc) is 2.61. The quantitative estimate of drug-likeness (QED) is 0.689. The van der Waals surface area contributed by atoms with E-state index in [4.69, 9.17) is 4.74 Å². The molecule has 1 aromatic heterocycles. The van der Waals surface area contributed by atoms with Crippen LogP contribution in [0.4, 0.5) is 5.95 Å². The van der Waals surface area contributed by atoms with Crippen LogP contribution in [-0.2, 0) is 20.9 Å². The minimum Gasteiger partial charge on any atom is -0.465 e. The predicted octanol–water partition coefficient (Wildman–Crippen LogP) is 1.17. The lowest BCUT2D eigenvalue weighted by Crippen LogP contribution is -2.51. The van der Waals surface area contributed by atoms with Crippen molar-refractivity contribution in [3.05, 3.63) is 18.0 Å². The summed E-state index contributed by atoms with van der Waals surface area (Å²) < 4.78 is 4.93. The maximum Gasteiger partial charge on any atom is 0.325 e. The summed E-state index contributed by atoms with van der Waals surface area (Å²) in [5.74, 6) is 0.405. The topological polar surface area (TPSA) is 78.9 Å². The van der Waals surface area contributed by atoms with E-state index in [1.54, 1.807) is 31.3 Å². The van der Waals surface area contributed by atoms with Crippen LogP contribution in [0.5, 0.6) is 0 Å². The van der Waals surface area contributed by atoms with Crippen LogP contribution in [0.2, 0.25) is 0 Å². The van der Waals surface area contributed by atoms with Gasteiger partial charge in [0.15, 0.2) is 0 Å². The highest BCUT2D eigenvalue weighted by atomic mass is 16.5. The van der Waals surface area contributed by atoms with Gasteiger partial charge in [-0.2, -0.15) is 0 Å². The first-order valence-corrected chi connectivity index (χ1v) is 9.40. The lowest BCUT2D eigenvalue weighted by molar-refractivity contribution is -0.142. The van der Waals surface area contributed by atoms with Crippen LogP contribution in [0, 0.1) is 5.41 Å². The van der Waals surface area contributed by atoms with Crippen molar-refractivity contribution in [2.75, 3.05) is 51.3 Å². The number of piperazine rings is 1. The SMILES string of the molecule is CCOC(=O)CN(C)c1ncc(CN2CCN(C(=O)C(C)(C)C)CC2)cn1. The number of nitrogens with zero attached hydrogens (tertiary/aromatic N) is 5. The Kier molecular flexibility index (Phi) is 7.12. The van der Waals surface area contributed by atoms with Gasteiger partial charge in [0.05, 0.1) is 6.61 Å². The summed E-state index contributed by atoms with van der Waals surface area (Å²) in [4.78, 5) is 38.5. The highest BCUT2D eigenvalue weighted by Crippen LogP contribution is 2.19. The summed E-state index contributed by atoms with van der Waals surface area (Å²) in [6.07, 6.45) is 3.58. The first-order chi connectivity index (χ1) is 12.7. The molecule has 1 fully saturated rings. The fourth-order valence-electron chi connectivity index (χ4n) is 2.94. The predicted molar refractivity (Wildman–Crippen MR) is 103 cm³/mol. The fourth-order valence-corrected chi connectivity index (χ4v) is 2.94. The molecule has 0 saturated carbocycles. The zero-order chi connectivity index (χ0) is 20.0. The lowest BCUT2D eigenvalue weighted by Gasteiger charge is -2.37. The summed E-state index contributed by atoms with van der Waals surface area (Å²) in [5.41, 5.74) is 0.681. The second-order valence-corrected chi connectivity index (χ2v) is 7.87. The standard InChI is InChI=1S/C19H31N5O3/c1-6-27-16(25)14-22(5)18-20-11-15(12-21-18)13-23-7-9-24(10-8-23)17(26)19(2,3)4/h11-12H,6-10,13-14H2,1-5H3. The molecular weight excluding hydrogens is 346 g/mol. The van der Waals surface area contributed by atoms with E-state index in [0.29, 0.717) is 12.6 Å². The molecule has 8 nitrogen and oxygen atoms in total. The molecule has 1 saturated heterocycles. The Morgan fingerprint density at radius 2 is 1.74 bits per heavy atom. The Labute approximate surface area is 161 Å². The van der Waals surface area contributed by atoms with Gasteiger partial charge in [0.1, 0.15) is 6.54 Å². The van der Waals surface area contributed by atoms with Gasteiger partial charge in [-0.25, -0.2) is 9.97 Å². The average molecular weight is 377 g/mol. The van der Waals surface area contributed by atoms with E-state index in [0.717, 1.165) is 38.3 Å². The zero-order valence-electron chi connectivity index (χ0n) is 17.1. The lowest BCUT2D eigenvalue weighted by atomic mass is 9.94. The molecule has 1 amide bonds. The van der Waals surface area contributed by atoms with Gasteiger partial charge in [0.2, 0.25) is 11.9 Å². The molecule has 0 aliphatic carbocycles. The van der Waals surface area contributed by atoms with Crippen LogP contribution in [0.15, 0.2) is 12.4 Å². The molecule has 8 heteroatoms. The van der Waals surface area contributed by atoms with Crippen molar-refractivity contribution in [3.8, 4) is 0 Å². The summed E-state index contributed by atoms with van der Waals surface area (Å²) >= 11 is 0. The van der Waals surface area contributed by atoms with Crippen LogP contribution >= 0.6 is 0 Å². The molecule has 0 unspecified atom stereocenters. The number of likely N-dealkylation sites (N-methyl/N-ethyl adjacent to an activating group) is 1. The van der Waals surface area contributed by atoms with Gasteiger partial charge in [0, 0.05) is 63.1 Å². The van der Waals surface area contributed by atoms with Crippen LogP contribution in [0.25, 0.3) is 0 Å². The van der Waals surface area contributed by atoms with Gasteiger partial charge in [-0.15, -0.1) is 0 Å². The maximum atomic E-state index is 12.4. The molecule has 1 aliphatic rings. The summed E-state index contributed by atoms with van der Waals surface area (Å²) in [6, 6.07) is 0. The van der Waals surface area contributed by atoms with Gasteiger partial charge in [-0.1, -0.05) is 20.8 Å². The van der Waals surface area contributed by atoms with Crippen LogP contribution in [0.3, 0.4) is 0 Å². The third-order valence-corrected chi connectivity index (χ3v) is 4.41. The van der Waals surface area contributed by atoms with Gasteiger partial charge >= 0.3 is 5.97 Å². The molecule has 0 bridgehead atoms. The molecule has 0 aromatic carbocycles. The number of hydrogen-bond donors (Lipinski definition) is 0. The largest absolute Gasteiger partial charge is 0.465 e. The Morgan fingerprint density at radius 3 is 2.26 bits per heavy atom. The normalized spacial score (nSPS) is 15.5. The second-order valence-electron chi connectivity index (χ2n) is 7.87. The van der Waals surface area contributed by atoms with Crippen molar-refractivity contribution < 1.29 is 14.3 Å². The van der Waals surface area contributed by atoms with E-state index in [1.807, 2.05) is 25.7 Å². The fraction of sp³-hybridized carbons (Fsp3) is 0.684. The Morgan fingerprint density at radius 1 is 1.15 bits per heavy atom. The maximum absolute atomic E-state index is 12.4. The molecule has 0 N–H and O–H groups in total. The van der Waals surface area contributed by atoms with Gasteiger partial charge in [-0.3, -0.25) is 14.5 Å². The van der Waals surface area contributed by atoms with Crippen molar-refractivity contribution in [2.24, 2.45) is 5.41 Å². The van der Waals surface area contributed by atoms with Crippen LogP contribution in [0.1, 0.15) is 33.3 Å². The first kappa shape index (κ1) is 21.1. The molecular formula is C19H31N5O3. The monoisotopic (exact) mass is 377 g/mol. The first-order valence-electron chi connectivity index (χ1n) is 9.40. The van der Waals surface area contributed by atoms with Crippen molar-refractivity contribution in [3.63, 3.8) is 0 Å². The highest BCUT2D eigenvalue weighted by molar-refractivity contribution is 5.81. The smallest absolute Gasteiger partial charge is 0.325 e. The minimum atomic E-state index is -0.332. The number of rotatable bonds is 6. The Balaban J connectivity index is 1.83. The molecule has 2 rings (SSSR count). The minimum absolute atomic E-state index is 0.122. The third-order valence-electron chi connectivity index (χ3n) is 4.41. The number of hydrogen-bond acceptors (Lipinski definition) is 7. The highest BCUT2D eigenvalue weighted by Gasteiger charge is 2.29. The summed E-state index contributed by atoms with van der Waals surface area (Å²) in [6.45, 7) is 12.1. The molecule has 27 heavy (non-hydrogen) atoms. The van der Waals surface area contributed by atoms with Gasteiger partial charge in [-0.05, 0) is 6.92 Å². The number of carbonyl (C=O) groups is 2. The molecule has 0 atom stereocenters.